The Morgan fingerprint density at radius 2 is 1.05 bits per heavy atom. The maximum Gasteiger partial charge on any atom is 0.335 e. The third-order valence-corrected chi connectivity index (χ3v) is 8.98. The Bertz CT molecular complexity index is 1040. The van der Waals surface area contributed by atoms with Gasteiger partial charge in [0.1, 0.15) is 0 Å². The highest BCUT2D eigenvalue weighted by Gasteiger charge is 2.24. The molecule has 2 aromatic carbocycles. The number of unbranched alkanes of at least 4 members (excludes halogenated alkanes) is 18. The van der Waals surface area contributed by atoms with Crippen molar-refractivity contribution in [3.8, 4) is 0 Å². The highest BCUT2D eigenvalue weighted by Crippen LogP contribution is 2.36. The molecular formula is C39H60O4. The minimum absolute atomic E-state index is 0.126. The second-order valence-corrected chi connectivity index (χ2v) is 12.6. The molecule has 4 heteroatoms. The van der Waals surface area contributed by atoms with Gasteiger partial charge < -0.3 is 10.2 Å². The molecular weight excluding hydrogens is 532 g/mol. The van der Waals surface area contributed by atoms with Crippen LogP contribution in [0.3, 0.4) is 0 Å². The molecule has 0 saturated heterocycles. The summed E-state index contributed by atoms with van der Waals surface area (Å²) in [6.07, 6.45) is 27.3. The number of carboxylic acids is 2. The Balaban J connectivity index is 2.07. The molecule has 0 spiro atoms. The van der Waals surface area contributed by atoms with Crippen molar-refractivity contribution in [3.05, 3.63) is 70.3 Å². The Morgan fingerprint density at radius 3 is 1.56 bits per heavy atom. The molecule has 0 radical (unpaired) electrons. The zero-order chi connectivity index (χ0) is 31.1. The van der Waals surface area contributed by atoms with E-state index in [4.69, 9.17) is 0 Å². The lowest BCUT2D eigenvalue weighted by atomic mass is 9.80. The molecule has 0 aromatic heterocycles. The third-order valence-electron chi connectivity index (χ3n) is 8.98. The summed E-state index contributed by atoms with van der Waals surface area (Å²) in [7, 11) is 0. The lowest BCUT2D eigenvalue weighted by Crippen LogP contribution is -2.13. The average Bonchev–Trinajstić information content (AvgIpc) is 3.01. The monoisotopic (exact) mass is 592 g/mol. The largest absolute Gasteiger partial charge is 0.478 e. The highest BCUT2D eigenvalue weighted by molar-refractivity contribution is 5.93. The van der Waals surface area contributed by atoms with Gasteiger partial charge in [-0.25, -0.2) is 9.59 Å². The first-order valence-corrected chi connectivity index (χ1v) is 17.7. The van der Waals surface area contributed by atoms with E-state index in [2.05, 4.69) is 32.0 Å². The average molecular weight is 593 g/mol. The van der Waals surface area contributed by atoms with Crippen molar-refractivity contribution in [1.29, 1.82) is 0 Å². The molecule has 0 aliphatic carbocycles. The highest BCUT2D eigenvalue weighted by atomic mass is 16.4. The van der Waals surface area contributed by atoms with Crippen LogP contribution in [0.25, 0.3) is 0 Å². The maximum atomic E-state index is 12.3. The summed E-state index contributed by atoms with van der Waals surface area (Å²) in [5.74, 6) is -2.14. The van der Waals surface area contributed by atoms with Crippen molar-refractivity contribution in [1.82, 2.24) is 0 Å². The van der Waals surface area contributed by atoms with Crippen molar-refractivity contribution in [2.24, 2.45) is 0 Å². The van der Waals surface area contributed by atoms with E-state index in [1.54, 1.807) is 6.07 Å². The second-order valence-electron chi connectivity index (χ2n) is 12.6. The molecule has 43 heavy (non-hydrogen) atoms. The number of hydrogen-bond acceptors (Lipinski definition) is 2. The van der Waals surface area contributed by atoms with Crippen LogP contribution in [0.5, 0.6) is 0 Å². The minimum Gasteiger partial charge on any atom is -0.478 e. The molecule has 1 atom stereocenters. The van der Waals surface area contributed by atoms with E-state index in [1.165, 1.54) is 132 Å². The quantitative estimate of drug-likeness (QED) is 0.107. The lowest BCUT2D eigenvalue weighted by molar-refractivity contribution is 0.0680. The van der Waals surface area contributed by atoms with Crippen LogP contribution in [0.2, 0.25) is 0 Å². The zero-order valence-corrected chi connectivity index (χ0v) is 27.4. The Labute approximate surface area is 262 Å². The van der Waals surface area contributed by atoms with Gasteiger partial charge in [-0.1, -0.05) is 160 Å². The summed E-state index contributed by atoms with van der Waals surface area (Å²) in [6, 6.07) is 13.0. The SMILES string of the molecule is CCCCCCCCCCCCc1ccccc1C(CCCCCCCCCCCC)c1cc(C(=O)O)ccc1C(=O)O. The fraction of sp³-hybridized carbons (Fsp3) is 0.641. The van der Waals surface area contributed by atoms with Crippen LogP contribution in [0.1, 0.15) is 192 Å². The molecule has 0 bridgehead atoms. The number of benzene rings is 2. The van der Waals surface area contributed by atoms with Crippen LogP contribution >= 0.6 is 0 Å². The van der Waals surface area contributed by atoms with Crippen LogP contribution in [-0.4, -0.2) is 22.2 Å². The summed E-state index contributed by atoms with van der Waals surface area (Å²) in [4.78, 5) is 24.2. The van der Waals surface area contributed by atoms with Crippen LogP contribution in [0.15, 0.2) is 42.5 Å². The number of carbonyl (C=O) groups is 2. The van der Waals surface area contributed by atoms with Gasteiger partial charge in [0.05, 0.1) is 11.1 Å². The van der Waals surface area contributed by atoms with E-state index in [9.17, 15) is 19.8 Å². The number of carboxylic acid groups (broad SMARTS) is 2. The van der Waals surface area contributed by atoms with Gasteiger partial charge in [-0.3, -0.25) is 0 Å². The number of aryl methyl sites for hydroxylation is 1. The maximum absolute atomic E-state index is 12.3. The van der Waals surface area contributed by atoms with Gasteiger partial charge in [0.25, 0.3) is 0 Å². The normalized spacial score (nSPS) is 12.0. The van der Waals surface area contributed by atoms with Gasteiger partial charge in [0, 0.05) is 5.92 Å². The topological polar surface area (TPSA) is 74.6 Å². The number of aromatic carboxylic acids is 2. The van der Waals surface area contributed by atoms with Gasteiger partial charge >= 0.3 is 11.9 Å². The Hall–Kier alpha value is -2.62. The van der Waals surface area contributed by atoms with Gasteiger partial charge in [0.15, 0.2) is 0 Å². The molecule has 2 aromatic rings. The van der Waals surface area contributed by atoms with E-state index in [0.29, 0.717) is 5.56 Å². The first kappa shape index (κ1) is 36.6. The van der Waals surface area contributed by atoms with E-state index in [1.807, 2.05) is 6.07 Å². The molecule has 2 rings (SSSR count). The molecule has 0 heterocycles. The molecule has 0 saturated carbocycles. The van der Waals surface area contributed by atoms with Gasteiger partial charge in [0.2, 0.25) is 0 Å². The standard InChI is InChI=1S/C39H60O4/c1-3-5-7-9-11-13-15-17-19-21-25-32-26-23-24-27-34(32)35(28-22-20-18-16-14-12-10-8-6-4-2)37-31-33(38(40)41)29-30-36(37)39(42)43/h23-24,26-27,29-31,35H,3-22,25,28H2,1-2H3,(H,40,41)(H,42,43). The van der Waals surface area contributed by atoms with Crippen molar-refractivity contribution >= 4 is 11.9 Å². The minimum atomic E-state index is -1.02. The molecule has 0 aliphatic rings. The van der Waals surface area contributed by atoms with Crippen LogP contribution in [0, 0.1) is 0 Å². The number of rotatable bonds is 26. The Morgan fingerprint density at radius 1 is 0.558 bits per heavy atom. The fourth-order valence-corrected chi connectivity index (χ4v) is 6.40. The predicted octanol–water partition coefficient (Wildman–Crippen LogP) is 12.0. The fourth-order valence-electron chi connectivity index (χ4n) is 6.40. The van der Waals surface area contributed by atoms with E-state index < -0.39 is 11.9 Å². The molecule has 1 unspecified atom stereocenters. The first-order valence-electron chi connectivity index (χ1n) is 17.7. The van der Waals surface area contributed by atoms with Crippen molar-refractivity contribution in [2.75, 3.05) is 0 Å². The van der Waals surface area contributed by atoms with Crippen molar-refractivity contribution in [2.45, 2.75) is 161 Å². The van der Waals surface area contributed by atoms with Gasteiger partial charge in [-0.15, -0.1) is 0 Å². The van der Waals surface area contributed by atoms with Crippen LogP contribution < -0.4 is 0 Å². The molecule has 2 N–H and O–H groups in total. The van der Waals surface area contributed by atoms with E-state index in [0.717, 1.165) is 32.1 Å². The third kappa shape index (κ3) is 14.6. The van der Waals surface area contributed by atoms with Crippen molar-refractivity contribution < 1.29 is 19.8 Å². The summed E-state index contributed by atoms with van der Waals surface area (Å²) in [6.45, 7) is 4.51. The first-order chi connectivity index (χ1) is 21.0. The second kappa shape index (κ2) is 22.9. The van der Waals surface area contributed by atoms with Crippen LogP contribution in [0.4, 0.5) is 0 Å². The lowest BCUT2D eigenvalue weighted by Gasteiger charge is -2.23. The summed E-state index contributed by atoms with van der Waals surface area (Å²) in [5, 5.41) is 19.8. The predicted molar refractivity (Wildman–Crippen MR) is 181 cm³/mol. The van der Waals surface area contributed by atoms with Gasteiger partial charge in [-0.2, -0.15) is 0 Å². The van der Waals surface area contributed by atoms with E-state index >= 15 is 0 Å². The Kier molecular flexibility index (Phi) is 19.4. The smallest absolute Gasteiger partial charge is 0.335 e. The molecule has 0 fully saturated rings. The molecule has 240 valence electrons. The summed E-state index contributed by atoms with van der Waals surface area (Å²) >= 11 is 0. The van der Waals surface area contributed by atoms with Crippen LogP contribution in [-0.2, 0) is 6.42 Å². The molecule has 0 aliphatic heterocycles. The number of hydrogen-bond donors (Lipinski definition) is 2. The summed E-state index contributed by atoms with van der Waals surface area (Å²) in [5.41, 5.74) is 3.45. The molecule has 4 nitrogen and oxygen atoms in total. The zero-order valence-electron chi connectivity index (χ0n) is 27.4. The van der Waals surface area contributed by atoms with E-state index in [-0.39, 0.29) is 17.0 Å². The molecule has 0 amide bonds. The van der Waals surface area contributed by atoms with Crippen molar-refractivity contribution in [3.63, 3.8) is 0 Å². The van der Waals surface area contributed by atoms with Gasteiger partial charge in [-0.05, 0) is 54.2 Å². The summed E-state index contributed by atoms with van der Waals surface area (Å²) < 4.78 is 0.